The Labute approximate surface area is 250 Å². The number of aliphatic hydroxyl groups excluding tert-OH is 1. The standard InChI is InChI=1S/C31H46N2O8S/c1-7-9-16-38-24-12-10-23(11-13-24)17-26(32-30(35)41-31(4,5)6)27(34)20-33(19-22(3)8-2)42(36,37)25-14-15-28-29(18-25)40-21-39-28/h10-15,18,22,26-27,34H,7-9,16-17,19-21H2,1-6H3,(H,32,35)/t22-,26-,27+/m0/s1. The van der Waals surface area contributed by atoms with Crippen LogP contribution in [-0.2, 0) is 21.2 Å². The molecular formula is C31H46N2O8S. The summed E-state index contributed by atoms with van der Waals surface area (Å²) in [5.41, 5.74) is 0.0903. The number of fused-ring (bicyclic) bond motifs is 1. The van der Waals surface area contributed by atoms with Gasteiger partial charge in [0.1, 0.15) is 11.4 Å². The quantitative estimate of drug-likeness (QED) is 0.268. The number of carbonyl (C=O) groups excluding carboxylic acids is 1. The highest BCUT2D eigenvalue weighted by Crippen LogP contribution is 2.35. The first-order valence-corrected chi connectivity index (χ1v) is 16.1. The third kappa shape index (κ3) is 9.78. The van der Waals surface area contributed by atoms with Crippen molar-refractivity contribution in [3.63, 3.8) is 0 Å². The Bertz CT molecular complexity index is 1260. The lowest BCUT2D eigenvalue weighted by Crippen LogP contribution is -2.52. The molecule has 0 aliphatic carbocycles. The molecule has 42 heavy (non-hydrogen) atoms. The molecular weight excluding hydrogens is 560 g/mol. The van der Waals surface area contributed by atoms with Gasteiger partial charge < -0.3 is 29.4 Å². The van der Waals surface area contributed by atoms with Crippen LogP contribution in [0.5, 0.6) is 17.2 Å². The van der Waals surface area contributed by atoms with Crippen molar-refractivity contribution in [2.24, 2.45) is 5.92 Å². The average Bonchev–Trinajstić information content (AvgIpc) is 3.40. The Kier molecular flexibility index (Phi) is 11.9. The van der Waals surface area contributed by atoms with E-state index in [0.717, 1.165) is 30.6 Å². The van der Waals surface area contributed by atoms with E-state index in [1.54, 1.807) is 26.8 Å². The van der Waals surface area contributed by atoms with Crippen molar-refractivity contribution in [2.45, 2.75) is 89.9 Å². The molecule has 2 N–H and O–H groups in total. The normalized spacial score (nSPS) is 15.2. The summed E-state index contributed by atoms with van der Waals surface area (Å²) >= 11 is 0. The summed E-state index contributed by atoms with van der Waals surface area (Å²) in [7, 11) is -4.03. The topological polar surface area (TPSA) is 124 Å². The lowest BCUT2D eigenvalue weighted by atomic mass is 10.0. The van der Waals surface area contributed by atoms with E-state index in [1.165, 1.54) is 16.4 Å². The molecule has 1 amide bonds. The van der Waals surface area contributed by atoms with Gasteiger partial charge in [-0.2, -0.15) is 4.31 Å². The molecule has 0 unspecified atom stereocenters. The molecule has 1 aliphatic heterocycles. The summed E-state index contributed by atoms with van der Waals surface area (Å²) in [4.78, 5) is 12.8. The number of alkyl carbamates (subject to hydrolysis) is 1. The summed E-state index contributed by atoms with van der Waals surface area (Å²) in [6, 6.07) is 11.1. The molecule has 11 heteroatoms. The van der Waals surface area contributed by atoms with Crippen LogP contribution in [0.15, 0.2) is 47.4 Å². The molecule has 0 radical (unpaired) electrons. The largest absolute Gasteiger partial charge is 0.494 e. The summed E-state index contributed by atoms with van der Waals surface area (Å²) in [6.45, 7) is 11.9. The number of nitrogens with one attached hydrogen (secondary N) is 1. The molecule has 2 aromatic carbocycles. The Hall–Kier alpha value is -3.02. The van der Waals surface area contributed by atoms with Crippen LogP contribution in [0.2, 0.25) is 0 Å². The molecule has 3 atom stereocenters. The van der Waals surface area contributed by atoms with Gasteiger partial charge in [-0.05, 0) is 69.4 Å². The van der Waals surface area contributed by atoms with Crippen LogP contribution in [0, 0.1) is 5.92 Å². The highest BCUT2D eigenvalue weighted by atomic mass is 32.2. The van der Waals surface area contributed by atoms with Gasteiger partial charge >= 0.3 is 6.09 Å². The van der Waals surface area contributed by atoms with E-state index < -0.39 is 33.9 Å². The van der Waals surface area contributed by atoms with Gasteiger partial charge in [0, 0.05) is 19.2 Å². The van der Waals surface area contributed by atoms with Crippen LogP contribution in [0.3, 0.4) is 0 Å². The van der Waals surface area contributed by atoms with Gasteiger partial charge in [-0.15, -0.1) is 0 Å². The SMILES string of the molecule is CCCCOc1ccc(C[C@H](NC(=O)OC(C)(C)C)[C@H](O)CN(C[C@@H](C)CC)S(=O)(=O)c2ccc3c(c2)OCO3)cc1. The molecule has 0 fully saturated rings. The molecule has 1 heterocycles. The van der Waals surface area contributed by atoms with Crippen molar-refractivity contribution in [3.8, 4) is 17.2 Å². The third-order valence-electron chi connectivity index (χ3n) is 6.90. The number of rotatable bonds is 15. The maximum absolute atomic E-state index is 13.8. The Morgan fingerprint density at radius 3 is 2.40 bits per heavy atom. The number of ether oxygens (including phenoxy) is 4. The van der Waals surface area contributed by atoms with Gasteiger partial charge in [-0.3, -0.25) is 0 Å². The van der Waals surface area contributed by atoms with Crippen molar-refractivity contribution in [1.29, 1.82) is 0 Å². The zero-order valence-electron chi connectivity index (χ0n) is 25.6. The van der Waals surface area contributed by atoms with E-state index >= 15 is 0 Å². The minimum atomic E-state index is -4.03. The van der Waals surface area contributed by atoms with Crippen molar-refractivity contribution in [1.82, 2.24) is 9.62 Å². The Balaban J connectivity index is 1.85. The van der Waals surface area contributed by atoms with Crippen LogP contribution in [-0.4, -0.2) is 68.2 Å². The molecule has 0 saturated heterocycles. The number of sulfonamides is 1. The minimum Gasteiger partial charge on any atom is -0.494 e. The van der Waals surface area contributed by atoms with E-state index in [-0.39, 0.29) is 37.1 Å². The Morgan fingerprint density at radius 2 is 1.76 bits per heavy atom. The highest BCUT2D eigenvalue weighted by Gasteiger charge is 2.33. The van der Waals surface area contributed by atoms with Crippen LogP contribution >= 0.6 is 0 Å². The zero-order chi connectivity index (χ0) is 30.9. The summed E-state index contributed by atoms with van der Waals surface area (Å²) < 4.78 is 50.9. The highest BCUT2D eigenvalue weighted by molar-refractivity contribution is 7.89. The van der Waals surface area contributed by atoms with Crippen LogP contribution in [0.25, 0.3) is 0 Å². The number of amides is 1. The summed E-state index contributed by atoms with van der Waals surface area (Å²) in [6.07, 6.45) is 1.04. The Morgan fingerprint density at radius 1 is 1.07 bits per heavy atom. The number of nitrogens with zero attached hydrogens (tertiary/aromatic N) is 1. The molecule has 0 saturated carbocycles. The van der Waals surface area contributed by atoms with E-state index in [4.69, 9.17) is 18.9 Å². The average molecular weight is 607 g/mol. The van der Waals surface area contributed by atoms with Crippen LogP contribution in [0.1, 0.15) is 66.4 Å². The number of unbranched alkanes of at least 4 members (excludes halogenated alkanes) is 1. The van der Waals surface area contributed by atoms with E-state index in [1.807, 2.05) is 38.1 Å². The molecule has 234 valence electrons. The van der Waals surface area contributed by atoms with Crippen molar-refractivity contribution in [2.75, 3.05) is 26.5 Å². The first-order valence-electron chi connectivity index (χ1n) is 14.6. The fraction of sp³-hybridized carbons (Fsp3) is 0.581. The van der Waals surface area contributed by atoms with Crippen molar-refractivity contribution >= 4 is 16.1 Å². The van der Waals surface area contributed by atoms with E-state index in [9.17, 15) is 18.3 Å². The number of hydrogen-bond acceptors (Lipinski definition) is 8. The first-order chi connectivity index (χ1) is 19.8. The molecule has 0 aromatic heterocycles. The van der Waals surface area contributed by atoms with Gasteiger partial charge in [0.15, 0.2) is 11.5 Å². The van der Waals surface area contributed by atoms with Gasteiger partial charge in [0.05, 0.1) is 23.6 Å². The van der Waals surface area contributed by atoms with E-state index in [0.29, 0.717) is 18.1 Å². The molecule has 2 aromatic rings. The zero-order valence-corrected chi connectivity index (χ0v) is 26.4. The predicted octanol–water partition coefficient (Wildman–Crippen LogP) is 5.13. The van der Waals surface area contributed by atoms with Gasteiger partial charge in [-0.1, -0.05) is 45.7 Å². The first kappa shape index (κ1) is 33.5. The number of benzene rings is 2. The minimum absolute atomic E-state index is 0.0258. The lowest BCUT2D eigenvalue weighted by molar-refractivity contribution is 0.0399. The molecule has 0 bridgehead atoms. The summed E-state index contributed by atoms with van der Waals surface area (Å²) in [5.74, 6) is 1.59. The monoisotopic (exact) mass is 606 g/mol. The smallest absolute Gasteiger partial charge is 0.407 e. The molecule has 0 spiro atoms. The maximum atomic E-state index is 13.8. The van der Waals surface area contributed by atoms with Gasteiger partial charge in [-0.25, -0.2) is 13.2 Å². The molecule has 1 aliphatic rings. The van der Waals surface area contributed by atoms with Crippen LogP contribution < -0.4 is 19.5 Å². The fourth-order valence-corrected chi connectivity index (χ4v) is 5.92. The van der Waals surface area contributed by atoms with Gasteiger partial charge in [0.2, 0.25) is 16.8 Å². The van der Waals surface area contributed by atoms with E-state index in [2.05, 4.69) is 12.2 Å². The second-order valence-corrected chi connectivity index (χ2v) is 13.7. The summed E-state index contributed by atoms with van der Waals surface area (Å²) in [5, 5.41) is 14.3. The predicted molar refractivity (Wildman–Crippen MR) is 160 cm³/mol. The van der Waals surface area contributed by atoms with Crippen LogP contribution in [0.4, 0.5) is 4.79 Å². The lowest BCUT2D eigenvalue weighted by Gasteiger charge is -2.31. The second-order valence-electron chi connectivity index (χ2n) is 11.7. The number of carbonyl (C=O) groups is 1. The molecule has 3 rings (SSSR count). The van der Waals surface area contributed by atoms with Crippen molar-refractivity contribution in [3.05, 3.63) is 48.0 Å². The fourth-order valence-electron chi connectivity index (χ4n) is 4.32. The molecule has 10 nitrogen and oxygen atoms in total. The second kappa shape index (κ2) is 14.9. The van der Waals surface area contributed by atoms with Crippen molar-refractivity contribution < 1.29 is 37.3 Å². The number of hydrogen-bond donors (Lipinski definition) is 2. The van der Waals surface area contributed by atoms with Gasteiger partial charge in [0.25, 0.3) is 0 Å². The number of aliphatic hydroxyl groups is 1. The third-order valence-corrected chi connectivity index (χ3v) is 8.72. The maximum Gasteiger partial charge on any atom is 0.407 e.